The quantitative estimate of drug-likeness (QED) is 0.373. The van der Waals surface area contributed by atoms with E-state index in [1.165, 1.54) is 11.6 Å². The first-order chi connectivity index (χ1) is 17.3. The third kappa shape index (κ3) is 4.47. The summed E-state index contributed by atoms with van der Waals surface area (Å²) in [6.45, 7) is 3.59. The van der Waals surface area contributed by atoms with Crippen LogP contribution in [-0.2, 0) is 27.2 Å². The van der Waals surface area contributed by atoms with Gasteiger partial charge in [-0.2, -0.15) is 0 Å². The Morgan fingerprint density at radius 1 is 0.944 bits per heavy atom. The number of carbonyl (C=O) groups excluding carboxylic acids is 1. The van der Waals surface area contributed by atoms with Crippen molar-refractivity contribution >= 4 is 34.2 Å². The van der Waals surface area contributed by atoms with Crippen LogP contribution >= 0.6 is 11.6 Å². The van der Waals surface area contributed by atoms with Crippen LogP contribution in [0.1, 0.15) is 16.2 Å². The summed E-state index contributed by atoms with van der Waals surface area (Å²) < 4.78 is 4.09. The summed E-state index contributed by atoms with van der Waals surface area (Å²) in [5.74, 6) is 0.460. The first kappa shape index (κ1) is 24.0. The zero-order valence-electron chi connectivity index (χ0n) is 20.2. The normalized spacial score (nSPS) is 14.5. The lowest BCUT2D eigenvalue weighted by molar-refractivity contribution is 0.0971. The number of nitrogens with zero attached hydrogens (tertiary/aromatic N) is 6. The minimum absolute atomic E-state index is 0.0359. The van der Waals surface area contributed by atoms with Crippen molar-refractivity contribution in [2.45, 2.75) is 13.1 Å². The van der Waals surface area contributed by atoms with Gasteiger partial charge in [0.2, 0.25) is 0 Å². The third-order valence-electron chi connectivity index (χ3n) is 6.74. The molecule has 9 nitrogen and oxygen atoms in total. The molecular weight excluding hydrogens is 480 g/mol. The Morgan fingerprint density at radius 3 is 2.36 bits per heavy atom. The molecule has 0 amide bonds. The molecule has 0 unspecified atom stereocenters. The van der Waals surface area contributed by atoms with Crippen LogP contribution in [0, 0.1) is 0 Å². The summed E-state index contributed by atoms with van der Waals surface area (Å²) >= 11 is 6.16. The maximum Gasteiger partial charge on any atom is 0.332 e. The first-order valence-corrected chi connectivity index (χ1v) is 12.2. The van der Waals surface area contributed by atoms with Crippen molar-refractivity contribution in [3.63, 3.8) is 0 Å². The Labute approximate surface area is 212 Å². The van der Waals surface area contributed by atoms with Crippen molar-refractivity contribution in [2.75, 3.05) is 31.1 Å². The summed E-state index contributed by atoms with van der Waals surface area (Å²) in [5, 5.41) is 0.707. The molecule has 5 rings (SSSR count). The van der Waals surface area contributed by atoms with Crippen LogP contribution in [0.5, 0.6) is 0 Å². The van der Waals surface area contributed by atoms with Gasteiger partial charge in [0, 0.05) is 56.5 Å². The molecule has 186 valence electrons. The number of aryl methyl sites for hydroxylation is 1. The number of anilines is 1. The van der Waals surface area contributed by atoms with Gasteiger partial charge in [-0.05, 0) is 18.2 Å². The second-order valence-electron chi connectivity index (χ2n) is 9.02. The van der Waals surface area contributed by atoms with E-state index >= 15 is 0 Å². The fraction of sp³-hybridized carbons (Fsp3) is 0.308. The van der Waals surface area contributed by atoms with E-state index in [4.69, 9.17) is 16.6 Å². The highest BCUT2D eigenvalue weighted by molar-refractivity contribution is 6.30. The number of benzene rings is 2. The summed E-state index contributed by atoms with van der Waals surface area (Å²) in [4.78, 5) is 48.0. The van der Waals surface area contributed by atoms with Gasteiger partial charge < -0.3 is 9.47 Å². The number of fused-ring (bicyclic) bond motifs is 1. The lowest BCUT2D eigenvalue weighted by Crippen LogP contribution is -2.46. The topological polar surface area (TPSA) is 85.4 Å². The number of imidazole rings is 1. The molecule has 36 heavy (non-hydrogen) atoms. The van der Waals surface area contributed by atoms with Gasteiger partial charge in [-0.25, -0.2) is 9.78 Å². The van der Waals surface area contributed by atoms with Gasteiger partial charge >= 0.3 is 5.69 Å². The van der Waals surface area contributed by atoms with Gasteiger partial charge in [-0.1, -0.05) is 48.0 Å². The van der Waals surface area contributed by atoms with Crippen molar-refractivity contribution in [3.8, 4) is 0 Å². The molecule has 3 heterocycles. The fourth-order valence-electron chi connectivity index (χ4n) is 4.68. The molecule has 1 fully saturated rings. The smallest absolute Gasteiger partial charge is 0.332 e. The van der Waals surface area contributed by atoms with Crippen molar-refractivity contribution < 1.29 is 4.79 Å². The summed E-state index contributed by atoms with van der Waals surface area (Å²) in [6, 6.07) is 16.8. The number of hydrogen-bond donors (Lipinski definition) is 0. The third-order valence-corrected chi connectivity index (χ3v) is 6.97. The molecule has 0 atom stereocenters. The van der Waals surface area contributed by atoms with E-state index in [1.807, 2.05) is 42.5 Å². The fourth-order valence-corrected chi connectivity index (χ4v) is 4.86. The molecule has 10 heteroatoms. The van der Waals surface area contributed by atoms with Crippen molar-refractivity contribution in [1.29, 1.82) is 0 Å². The average molecular weight is 507 g/mol. The van der Waals surface area contributed by atoms with Gasteiger partial charge in [0.15, 0.2) is 16.9 Å². The van der Waals surface area contributed by atoms with Crippen molar-refractivity contribution in [2.24, 2.45) is 14.1 Å². The lowest BCUT2D eigenvalue weighted by Gasteiger charge is -2.36. The number of aromatic nitrogens is 4. The number of carbonyl (C=O) groups is 1. The Morgan fingerprint density at radius 2 is 1.67 bits per heavy atom. The second kappa shape index (κ2) is 9.75. The van der Waals surface area contributed by atoms with E-state index in [2.05, 4.69) is 9.80 Å². The molecule has 2 aromatic carbocycles. The van der Waals surface area contributed by atoms with Crippen molar-refractivity contribution in [3.05, 3.63) is 91.8 Å². The largest absolute Gasteiger partial charge is 0.369 e. The zero-order chi connectivity index (χ0) is 25.4. The lowest BCUT2D eigenvalue weighted by atomic mass is 10.1. The highest BCUT2D eigenvalue weighted by Gasteiger charge is 2.24. The number of hydrogen-bond acceptors (Lipinski definition) is 6. The number of rotatable bonds is 6. The molecule has 2 aromatic heterocycles. The molecule has 0 aliphatic carbocycles. The Hall–Kier alpha value is -3.69. The van der Waals surface area contributed by atoms with Crippen molar-refractivity contribution in [1.82, 2.24) is 23.6 Å². The predicted molar refractivity (Wildman–Crippen MR) is 140 cm³/mol. The predicted octanol–water partition coefficient (Wildman–Crippen LogP) is 2.29. The molecule has 0 radical (unpaired) electrons. The molecule has 0 saturated carbocycles. The number of ketones is 1. The van der Waals surface area contributed by atoms with Crippen LogP contribution in [0.2, 0.25) is 5.02 Å². The van der Waals surface area contributed by atoms with Crippen LogP contribution in [0.15, 0.2) is 64.2 Å². The van der Waals surface area contributed by atoms with Gasteiger partial charge in [0.05, 0.1) is 13.1 Å². The molecule has 0 spiro atoms. The van der Waals surface area contributed by atoms with Gasteiger partial charge in [-0.15, -0.1) is 0 Å². The van der Waals surface area contributed by atoms with E-state index < -0.39 is 11.2 Å². The Balaban J connectivity index is 1.46. The first-order valence-electron chi connectivity index (χ1n) is 11.8. The standard InChI is InChI=1S/C26H27ClN6O3/c1-29-24-23(25(35)30(2)26(29)36)33(16-21(34)18-7-4-3-5-8-18)22(28-24)17-31-11-13-32(14-12-31)20-10-6-9-19(27)15-20/h3-10,15H,11-14,16-17H2,1-2H3. The summed E-state index contributed by atoms with van der Waals surface area (Å²) in [6.07, 6.45) is 0. The van der Waals surface area contributed by atoms with Crippen LogP contribution in [0.25, 0.3) is 11.2 Å². The monoisotopic (exact) mass is 506 g/mol. The van der Waals surface area contributed by atoms with E-state index in [9.17, 15) is 14.4 Å². The van der Waals surface area contributed by atoms with Crippen LogP contribution in [0.4, 0.5) is 5.69 Å². The minimum atomic E-state index is -0.460. The number of halogens is 1. The summed E-state index contributed by atoms with van der Waals surface area (Å²) in [5.41, 5.74) is 1.28. The van der Waals surface area contributed by atoms with Gasteiger partial charge in [0.1, 0.15) is 5.82 Å². The maximum absolute atomic E-state index is 13.1. The summed E-state index contributed by atoms with van der Waals surface area (Å²) in [7, 11) is 3.03. The van der Waals surface area contributed by atoms with Crippen LogP contribution < -0.4 is 16.1 Å². The molecule has 0 N–H and O–H groups in total. The Bertz CT molecular complexity index is 1550. The highest BCUT2D eigenvalue weighted by Crippen LogP contribution is 2.22. The molecule has 4 aromatic rings. The van der Waals surface area contributed by atoms with Gasteiger partial charge in [-0.3, -0.25) is 23.6 Å². The van der Waals surface area contributed by atoms with Gasteiger partial charge in [0.25, 0.3) is 5.56 Å². The van der Waals surface area contributed by atoms with E-state index in [0.717, 1.165) is 36.4 Å². The number of piperazine rings is 1. The van der Waals surface area contributed by atoms with Crippen LogP contribution in [-0.4, -0.2) is 55.5 Å². The number of Topliss-reactive ketones (excluding diaryl/α,β-unsaturated/α-hetero) is 1. The van der Waals surface area contributed by atoms with Crippen LogP contribution in [0.3, 0.4) is 0 Å². The molecule has 0 bridgehead atoms. The zero-order valence-corrected chi connectivity index (χ0v) is 21.0. The average Bonchev–Trinajstić information content (AvgIpc) is 3.24. The van der Waals surface area contributed by atoms with E-state index in [-0.39, 0.29) is 23.5 Å². The SMILES string of the molecule is Cn1c(=O)c2c(nc(CN3CCN(c4cccc(Cl)c4)CC3)n2CC(=O)c2ccccc2)n(C)c1=O. The highest BCUT2D eigenvalue weighted by atomic mass is 35.5. The van der Waals surface area contributed by atoms with E-state index in [1.54, 1.807) is 23.7 Å². The molecule has 1 saturated heterocycles. The molecule has 1 aliphatic heterocycles. The Kier molecular flexibility index (Phi) is 6.51. The minimum Gasteiger partial charge on any atom is -0.369 e. The second-order valence-corrected chi connectivity index (χ2v) is 9.46. The molecule has 1 aliphatic rings. The molecular formula is C26H27ClN6O3. The maximum atomic E-state index is 13.1. The van der Waals surface area contributed by atoms with E-state index in [0.29, 0.717) is 23.0 Å².